The highest BCUT2D eigenvalue weighted by molar-refractivity contribution is 7.92. The van der Waals surface area contributed by atoms with Gasteiger partial charge in [0.05, 0.1) is 18.6 Å². The molecule has 0 heterocycles. The topological polar surface area (TPSA) is 96.0 Å². The molecule has 1 N–H and O–H groups in total. The zero-order valence-electron chi connectivity index (χ0n) is 21.4. The largest absolute Gasteiger partial charge is 0.494 e. The first-order valence-corrected chi connectivity index (χ1v) is 13.7. The lowest BCUT2D eigenvalue weighted by molar-refractivity contribution is -0.139. The van der Waals surface area contributed by atoms with Crippen LogP contribution >= 0.6 is 0 Å². The third-order valence-electron chi connectivity index (χ3n) is 5.72. The van der Waals surface area contributed by atoms with Crippen molar-refractivity contribution in [1.29, 1.82) is 0 Å². The first-order chi connectivity index (χ1) is 16.5. The maximum absolute atomic E-state index is 13.5. The molecular formula is C26H37N3O5S. The van der Waals surface area contributed by atoms with Gasteiger partial charge in [0.1, 0.15) is 18.3 Å². The summed E-state index contributed by atoms with van der Waals surface area (Å²) in [5, 5.41) is 2.92. The molecule has 35 heavy (non-hydrogen) atoms. The smallest absolute Gasteiger partial charge is 0.244 e. The van der Waals surface area contributed by atoms with Crippen molar-refractivity contribution >= 4 is 27.5 Å². The van der Waals surface area contributed by atoms with Crippen molar-refractivity contribution in [3.8, 4) is 5.75 Å². The molecule has 9 heteroatoms. The van der Waals surface area contributed by atoms with Crippen molar-refractivity contribution in [2.75, 3.05) is 23.7 Å². The van der Waals surface area contributed by atoms with Crippen molar-refractivity contribution in [1.82, 2.24) is 10.2 Å². The molecule has 0 aliphatic carbocycles. The van der Waals surface area contributed by atoms with E-state index in [-0.39, 0.29) is 18.5 Å². The van der Waals surface area contributed by atoms with Crippen LogP contribution in [0.25, 0.3) is 0 Å². The van der Waals surface area contributed by atoms with E-state index in [2.05, 4.69) is 5.32 Å². The Balaban J connectivity index is 2.36. The second kappa shape index (κ2) is 12.6. The Bertz CT molecular complexity index is 1100. The molecule has 2 amide bonds. The minimum atomic E-state index is -3.78. The number of benzene rings is 2. The van der Waals surface area contributed by atoms with Crippen LogP contribution < -0.4 is 14.4 Å². The number of nitrogens with zero attached hydrogens (tertiary/aromatic N) is 2. The van der Waals surface area contributed by atoms with Crippen molar-refractivity contribution in [3.05, 3.63) is 59.7 Å². The van der Waals surface area contributed by atoms with Gasteiger partial charge in [-0.15, -0.1) is 0 Å². The van der Waals surface area contributed by atoms with Crippen LogP contribution in [-0.2, 0) is 26.2 Å². The van der Waals surface area contributed by atoms with Crippen molar-refractivity contribution in [2.45, 2.75) is 59.7 Å². The molecule has 2 aromatic carbocycles. The average molecular weight is 504 g/mol. The lowest BCUT2D eigenvalue weighted by atomic mass is 10.1. The molecule has 192 valence electrons. The fourth-order valence-corrected chi connectivity index (χ4v) is 4.39. The summed E-state index contributed by atoms with van der Waals surface area (Å²) in [6.07, 6.45) is 1.81. The van der Waals surface area contributed by atoms with Gasteiger partial charge in [0.15, 0.2) is 0 Å². The van der Waals surface area contributed by atoms with E-state index < -0.39 is 28.5 Å². The van der Waals surface area contributed by atoms with Gasteiger partial charge in [-0.2, -0.15) is 0 Å². The Morgan fingerprint density at radius 1 is 1.06 bits per heavy atom. The normalized spacial score (nSPS) is 13.0. The number of anilines is 1. The minimum Gasteiger partial charge on any atom is -0.494 e. The zero-order valence-corrected chi connectivity index (χ0v) is 22.3. The third-order valence-corrected chi connectivity index (χ3v) is 6.86. The van der Waals surface area contributed by atoms with Crippen LogP contribution in [-0.4, -0.2) is 56.6 Å². The second-order valence-electron chi connectivity index (χ2n) is 8.70. The van der Waals surface area contributed by atoms with Gasteiger partial charge in [0, 0.05) is 12.6 Å². The molecule has 8 nitrogen and oxygen atoms in total. The summed E-state index contributed by atoms with van der Waals surface area (Å²) in [6, 6.07) is 13.4. The summed E-state index contributed by atoms with van der Waals surface area (Å²) < 4.78 is 31.8. The molecule has 0 fully saturated rings. The standard InChI is InChI=1S/C26H37N3O5S/c1-7-20(4)27-26(31)21(5)28(17-22-11-9-10-19(3)16-22)25(30)18-29(35(6,32)33)23-12-14-24(15-13-23)34-8-2/h9-16,20-21H,7-8,17-18H2,1-6H3,(H,27,31)/t20-,21+/m1/s1. The van der Waals surface area contributed by atoms with Crippen LogP contribution in [0.5, 0.6) is 5.75 Å². The van der Waals surface area contributed by atoms with E-state index in [1.54, 1.807) is 31.2 Å². The molecule has 2 rings (SSSR count). The van der Waals surface area contributed by atoms with Gasteiger partial charge >= 0.3 is 0 Å². The molecule has 0 aliphatic heterocycles. The molecule has 0 aromatic heterocycles. The van der Waals surface area contributed by atoms with E-state index in [4.69, 9.17) is 4.74 Å². The molecule has 2 aromatic rings. The molecule has 2 atom stereocenters. The van der Waals surface area contributed by atoms with Crippen LogP contribution in [0.2, 0.25) is 0 Å². The summed E-state index contributed by atoms with van der Waals surface area (Å²) in [4.78, 5) is 27.9. The van der Waals surface area contributed by atoms with E-state index >= 15 is 0 Å². The van der Waals surface area contributed by atoms with Crippen LogP contribution in [0.15, 0.2) is 48.5 Å². The molecule has 0 aliphatic rings. The maximum Gasteiger partial charge on any atom is 0.244 e. The number of amides is 2. The van der Waals surface area contributed by atoms with Crippen LogP contribution in [0.3, 0.4) is 0 Å². The van der Waals surface area contributed by atoms with E-state index in [1.165, 1.54) is 4.90 Å². The van der Waals surface area contributed by atoms with Crippen LogP contribution in [0.1, 0.15) is 45.2 Å². The fraction of sp³-hybridized carbons (Fsp3) is 0.462. The minimum absolute atomic E-state index is 0.0442. The van der Waals surface area contributed by atoms with Crippen LogP contribution in [0.4, 0.5) is 5.69 Å². The van der Waals surface area contributed by atoms with E-state index in [9.17, 15) is 18.0 Å². The molecule has 0 spiro atoms. The van der Waals surface area contributed by atoms with Gasteiger partial charge in [0.25, 0.3) is 0 Å². The Hall–Kier alpha value is -3.07. The third kappa shape index (κ3) is 8.28. The fourth-order valence-electron chi connectivity index (χ4n) is 3.54. The zero-order chi connectivity index (χ0) is 26.2. The highest BCUT2D eigenvalue weighted by Crippen LogP contribution is 2.22. The number of hydrogen-bond donors (Lipinski definition) is 1. The molecule has 0 unspecified atom stereocenters. The summed E-state index contributed by atoms with van der Waals surface area (Å²) in [6.45, 7) is 9.56. The first-order valence-electron chi connectivity index (χ1n) is 11.8. The van der Waals surface area contributed by atoms with E-state index in [0.29, 0.717) is 18.0 Å². The predicted molar refractivity (Wildman–Crippen MR) is 139 cm³/mol. The number of aryl methyl sites for hydroxylation is 1. The Morgan fingerprint density at radius 3 is 2.26 bits per heavy atom. The van der Waals surface area contributed by atoms with Gasteiger partial charge < -0.3 is 15.0 Å². The van der Waals surface area contributed by atoms with Gasteiger partial charge in [-0.1, -0.05) is 36.8 Å². The lowest BCUT2D eigenvalue weighted by Crippen LogP contribution is -2.52. The summed E-state index contributed by atoms with van der Waals surface area (Å²) >= 11 is 0. The van der Waals surface area contributed by atoms with Crippen LogP contribution in [0, 0.1) is 6.92 Å². The Kier molecular flexibility index (Phi) is 10.1. The molecule has 0 saturated heterocycles. The highest BCUT2D eigenvalue weighted by atomic mass is 32.2. The number of ether oxygens (including phenoxy) is 1. The monoisotopic (exact) mass is 503 g/mol. The summed E-state index contributed by atoms with van der Waals surface area (Å²) in [5.74, 6) is -0.155. The van der Waals surface area contributed by atoms with Gasteiger partial charge in [-0.05, 0) is 63.9 Å². The average Bonchev–Trinajstić information content (AvgIpc) is 2.80. The summed E-state index contributed by atoms with van der Waals surface area (Å²) in [5.41, 5.74) is 2.23. The summed E-state index contributed by atoms with van der Waals surface area (Å²) in [7, 11) is -3.78. The predicted octanol–water partition coefficient (Wildman–Crippen LogP) is 3.49. The van der Waals surface area contributed by atoms with Gasteiger partial charge in [0.2, 0.25) is 21.8 Å². The molecule has 0 saturated carbocycles. The van der Waals surface area contributed by atoms with Crippen molar-refractivity contribution < 1.29 is 22.7 Å². The second-order valence-corrected chi connectivity index (χ2v) is 10.6. The van der Waals surface area contributed by atoms with Gasteiger partial charge in [-0.25, -0.2) is 8.42 Å². The van der Waals surface area contributed by atoms with E-state index in [0.717, 1.165) is 28.1 Å². The van der Waals surface area contributed by atoms with Crippen molar-refractivity contribution in [3.63, 3.8) is 0 Å². The molecular weight excluding hydrogens is 466 g/mol. The molecule has 0 bridgehead atoms. The number of hydrogen-bond acceptors (Lipinski definition) is 5. The van der Waals surface area contributed by atoms with Crippen molar-refractivity contribution in [2.24, 2.45) is 0 Å². The van der Waals surface area contributed by atoms with Gasteiger partial charge in [-0.3, -0.25) is 13.9 Å². The number of carbonyl (C=O) groups is 2. The quantitative estimate of drug-likeness (QED) is 0.478. The first kappa shape index (κ1) is 28.2. The SMILES string of the molecule is CCOc1ccc(N(CC(=O)N(Cc2cccc(C)c2)[C@@H](C)C(=O)N[C@H](C)CC)S(C)(=O)=O)cc1. The Labute approximate surface area is 209 Å². The number of nitrogens with one attached hydrogen (secondary N) is 1. The molecule has 0 radical (unpaired) electrons. The lowest BCUT2D eigenvalue weighted by Gasteiger charge is -2.32. The number of rotatable bonds is 12. The maximum atomic E-state index is 13.5. The number of carbonyl (C=O) groups excluding carboxylic acids is 2. The number of sulfonamides is 1. The van der Waals surface area contributed by atoms with E-state index in [1.807, 2.05) is 52.0 Å². The highest BCUT2D eigenvalue weighted by Gasteiger charge is 2.30. The Morgan fingerprint density at radius 2 is 1.71 bits per heavy atom.